The number of carboxylic acid groups (broad SMARTS) is 1. The molecule has 0 atom stereocenters. The van der Waals surface area contributed by atoms with Gasteiger partial charge in [-0.1, -0.05) is 6.07 Å². The standard InChI is InChI=1S/C15H12FNO3/c1-9(18)10-5-7-11(8-6-10)17-13-4-2-3-12(16)14(13)15(19)20/h2-8,17H,1H3,(H,19,20). The molecule has 0 saturated heterocycles. The van der Waals surface area contributed by atoms with Gasteiger partial charge in [-0.2, -0.15) is 0 Å². The lowest BCUT2D eigenvalue weighted by molar-refractivity contribution is 0.0693. The van der Waals surface area contributed by atoms with Gasteiger partial charge in [0.25, 0.3) is 0 Å². The van der Waals surface area contributed by atoms with E-state index in [1.54, 1.807) is 24.3 Å². The SMILES string of the molecule is CC(=O)c1ccc(Nc2cccc(F)c2C(=O)O)cc1. The van der Waals surface area contributed by atoms with Crippen LogP contribution in [0.25, 0.3) is 0 Å². The predicted molar refractivity (Wildman–Crippen MR) is 73.1 cm³/mol. The van der Waals surface area contributed by atoms with Gasteiger partial charge in [0, 0.05) is 11.3 Å². The van der Waals surface area contributed by atoms with Crippen LogP contribution < -0.4 is 5.32 Å². The van der Waals surface area contributed by atoms with Crippen molar-refractivity contribution in [3.8, 4) is 0 Å². The summed E-state index contributed by atoms with van der Waals surface area (Å²) in [6.45, 7) is 1.46. The molecule has 0 aliphatic carbocycles. The Hall–Kier alpha value is -2.69. The number of halogens is 1. The Morgan fingerprint density at radius 2 is 1.75 bits per heavy atom. The van der Waals surface area contributed by atoms with Crippen LogP contribution in [0.4, 0.5) is 15.8 Å². The Balaban J connectivity index is 2.33. The number of Topliss-reactive ketones (excluding diaryl/α,β-unsaturated/α-hetero) is 1. The molecule has 2 aromatic carbocycles. The maximum atomic E-state index is 13.5. The lowest BCUT2D eigenvalue weighted by Crippen LogP contribution is -2.05. The lowest BCUT2D eigenvalue weighted by Gasteiger charge is -2.10. The molecule has 2 rings (SSSR count). The fourth-order valence-electron chi connectivity index (χ4n) is 1.79. The Bertz CT molecular complexity index is 665. The van der Waals surface area contributed by atoms with Crippen LogP contribution in [0, 0.1) is 5.82 Å². The molecule has 0 unspecified atom stereocenters. The normalized spacial score (nSPS) is 10.1. The number of ketones is 1. The minimum absolute atomic E-state index is 0.0615. The maximum Gasteiger partial charge on any atom is 0.340 e. The molecule has 4 nitrogen and oxygen atoms in total. The minimum Gasteiger partial charge on any atom is -0.478 e. The molecule has 0 saturated carbocycles. The lowest BCUT2D eigenvalue weighted by atomic mass is 10.1. The maximum absolute atomic E-state index is 13.5. The van der Waals surface area contributed by atoms with E-state index >= 15 is 0 Å². The smallest absolute Gasteiger partial charge is 0.340 e. The summed E-state index contributed by atoms with van der Waals surface area (Å²) < 4.78 is 13.5. The average Bonchev–Trinajstić information content (AvgIpc) is 2.39. The fourth-order valence-corrected chi connectivity index (χ4v) is 1.79. The Morgan fingerprint density at radius 1 is 1.10 bits per heavy atom. The van der Waals surface area contributed by atoms with Gasteiger partial charge in [0.15, 0.2) is 5.78 Å². The van der Waals surface area contributed by atoms with Crippen molar-refractivity contribution in [1.82, 2.24) is 0 Å². The van der Waals surface area contributed by atoms with Crippen molar-refractivity contribution in [1.29, 1.82) is 0 Å². The molecule has 0 aliphatic rings. The number of hydrogen-bond donors (Lipinski definition) is 2. The summed E-state index contributed by atoms with van der Waals surface area (Å²) in [6.07, 6.45) is 0. The molecule has 102 valence electrons. The summed E-state index contributed by atoms with van der Waals surface area (Å²) >= 11 is 0. The van der Waals surface area contributed by atoms with E-state index in [0.29, 0.717) is 11.3 Å². The first-order chi connectivity index (χ1) is 9.49. The summed E-state index contributed by atoms with van der Waals surface area (Å²) in [5.74, 6) is -2.21. The number of carbonyl (C=O) groups is 2. The van der Waals surface area contributed by atoms with Crippen molar-refractivity contribution in [2.24, 2.45) is 0 Å². The number of carboxylic acids is 1. The molecule has 0 aliphatic heterocycles. The van der Waals surface area contributed by atoms with Crippen molar-refractivity contribution < 1.29 is 19.1 Å². The first-order valence-electron chi connectivity index (χ1n) is 5.89. The fraction of sp³-hybridized carbons (Fsp3) is 0.0667. The van der Waals surface area contributed by atoms with Crippen LogP contribution in [-0.2, 0) is 0 Å². The molecule has 2 N–H and O–H groups in total. The highest BCUT2D eigenvalue weighted by atomic mass is 19.1. The van der Waals surface area contributed by atoms with Crippen LogP contribution in [0.3, 0.4) is 0 Å². The highest BCUT2D eigenvalue weighted by Crippen LogP contribution is 2.23. The van der Waals surface area contributed by atoms with Crippen molar-refractivity contribution in [2.75, 3.05) is 5.32 Å². The first-order valence-corrected chi connectivity index (χ1v) is 5.89. The Kier molecular flexibility index (Phi) is 3.79. The molecular weight excluding hydrogens is 261 g/mol. The van der Waals surface area contributed by atoms with Crippen molar-refractivity contribution in [2.45, 2.75) is 6.92 Å². The van der Waals surface area contributed by atoms with Gasteiger partial charge in [-0.15, -0.1) is 0 Å². The molecule has 0 bridgehead atoms. The molecule has 0 fully saturated rings. The second-order valence-electron chi connectivity index (χ2n) is 4.23. The van der Waals surface area contributed by atoms with E-state index in [9.17, 15) is 14.0 Å². The number of carbonyl (C=O) groups excluding carboxylic acids is 1. The van der Waals surface area contributed by atoms with Crippen molar-refractivity contribution in [3.05, 3.63) is 59.4 Å². The minimum atomic E-state index is -1.34. The third-order valence-electron chi connectivity index (χ3n) is 2.80. The summed E-state index contributed by atoms with van der Waals surface area (Å²) in [5.41, 5.74) is 0.868. The molecule has 0 spiro atoms. The van der Waals surface area contributed by atoms with Crippen LogP contribution in [0.5, 0.6) is 0 Å². The molecule has 2 aromatic rings. The third kappa shape index (κ3) is 2.83. The van der Waals surface area contributed by atoms with Gasteiger partial charge >= 0.3 is 5.97 Å². The number of benzene rings is 2. The van der Waals surface area contributed by atoms with Crippen molar-refractivity contribution >= 4 is 23.1 Å². The van der Waals surface area contributed by atoms with Gasteiger partial charge in [-0.3, -0.25) is 4.79 Å². The van der Waals surface area contributed by atoms with Crippen molar-refractivity contribution in [3.63, 3.8) is 0 Å². The third-order valence-corrected chi connectivity index (χ3v) is 2.80. The van der Waals surface area contributed by atoms with E-state index in [2.05, 4.69) is 5.32 Å². The quantitative estimate of drug-likeness (QED) is 0.837. The number of rotatable bonds is 4. The second kappa shape index (κ2) is 5.52. The van der Waals surface area contributed by atoms with Crippen LogP contribution in [0.15, 0.2) is 42.5 Å². The summed E-state index contributed by atoms with van der Waals surface area (Å²) in [5, 5.41) is 11.8. The zero-order chi connectivity index (χ0) is 14.7. The molecule has 0 heterocycles. The van der Waals surface area contributed by atoms with Gasteiger partial charge in [-0.05, 0) is 43.3 Å². The summed E-state index contributed by atoms with van der Waals surface area (Å²) in [6, 6.07) is 10.5. The van der Waals surface area contributed by atoms with E-state index in [-0.39, 0.29) is 11.5 Å². The Labute approximate surface area is 114 Å². The van der Waals surface area contributed by atoms with E-state index < -0.39 is 17.3 Å². The molecular formula is C15H12FNO3. The Morgan fingerprint density at radius 3 is 2.30 bits per heavy atom. The number of hydrogen-bond acceptors (Lipinski definition) is 3. The number of aromatic carboxylic acids is 1. The molecule has 20 heavy (non-hydrogen) atoms. The van der Waals surface area contributed by atoms with E-state index in [4.69, 9.17) is 5.11 Å². The zero-order valence-electron chi connectivity index (χ0n) is 10.7. The van der Waals surface area contributed by atoms with Crippen LogP contribution in [0.1, 0.15) is 27.6 Å². The van der Waals surface area contributed by atoms with Gasteiger partial charge in [0.2, 0.25) is 0 Å². The van der Waals surface area contributed by atoms with Crippen LogP contribution in [-0.4, -0.2) is 16.9 Å². The van der Waals surface area contributed by atoms with Crippen LogP contribution >= 0.6 is 0 Å². The first kappa shape index (κ1) is 13.7. The van der Waals surface area contributed by atoms with Gasteiger partial charge in [0.1, 0.15) is 11.4 Å². The van der Waals surface area contributed by atoms with E-state index in [0.717, 1.165) is 6.07 Å². The highest BCUT2D eigenvalue weighted by Gasteiger charge is 2.15. The van der Waals surface area contributed by atoms with Gasteiger partial charge < -0.3 is 10.4 Å². The monoisotopic (exact) mass is 273 g/mol. The van der Waals surface area contributed by atoms with Gasteiger partial charge in [0.05, 0.1) is 5.69 Å². The molecule has 5 heteroatoms. The second-order valence-corrected chi connectivity index (χ2v) is 4.23. The van der Waals surface area contributed by atoms with E-state index in [1.807, 2.05) is 0 Å². The number of nitrogens with one attached hydrogen (secondary N) is 1. The topological polar surface area (TPSA) is 66.4 Å². The highest BCUT2D eigenvalue weighted by molar-refractivity contribution is 5.96. The molecule has 0 amide bonds. The summed E-state index contributed by atoms with van der Waals surface area (Å²) in [7, 11) is 0. The number of anilines is 2. The van der Waals surface area contributed by atoms with Crippen LogP contribution in [0.2, 0.25) is 0 Å². The average molecular weight is 273 g/mol. The largest absolute Gasteiger partial charge is 0.478 e. The molecule has 0 radical (unpaired) electrons. The van der Waals surface area contributed by atoms with Gasteiger partial charge in [-0.25, -0.2) is 9.18 Å². The van der Waals surface area contributed by atoms with E-state index in [1.165, 1.54) is 19.1 Å². The molecule has 0 aromatic heterocycles. The summed E-state index contributed by atoms with van der Waals surface area (Å²) in [4.78, 5) is 22.2. The predicted octanol–water partition coefficient (Wildman–Crippen LogP) is 3.47. The zero-order valence-corrected chi connectivity index (χ0v) is 10.7.